The summed E-state index contributed by atoms with van der Waals surface area (Å²) >= 11 is 0. The average molecular weight is 501 g/mol. The maximum absolute atomic E-state index is 13.6. The van der Waals surface area contributed by atoms with Gasteiger partial charge >= 0.3 is 0 Å². The van der Waals surface area contributed by atoms with Gasteiger partial charge in [0.1, 0.15) is 29.4 Å². The number of halogens is 2. The summed E-state index contributed by atoms with van der Waals surface area (Å²) in [4.78, 5) is 8.28. The molecule has 0 radical (unpaired) electrons. The number of nitriles is 1. The molecule has 0 atom stereocenters. The van der Waals surface area contributed by atoms with Gasteiger partial charge < -0.3 is 9.47 Å². The van der Waals surface area contributed by atoms with Crippen molar-refractivity contribution in [2.45, 2.75) is 37.8 Å². The van der Waals surface area contributed by atoms with Crippen LogP contribution in [0.5, 0.6) is 17.4 Å². The molecule has 2 aromatic heterocycles. The number of nitrogens with one attached hydrogen (secondary N) is 1. The highest BCUT2D eigenvalue weighted by atomic mass is 32.2. The van der Waals surface area contributed by atoms with Gasteiger partial charge in [0, 0.05) is 29.9 Å². The van der Waals surface area contributed by atoms with Crippen LogP contribution in [0.1, 0.15) is 31.4 Å². The number of ether oxygens (including phenoxy) is 2. The first-order valence-corrected chi connectivity index (χ1v) is 12.7. The summed E-state index contributed by atoms with van der Waals surface area (Å²) in [5.74, 6) is -1.08. The predicted molar refractivity (Wildman–Crippen MR) is 123 cm³/mol. The van der Waals surface area contributed by atoms with Gasteiger partial charge in [-0.15, -0.1) is 0 Å². The second-order valence-corrected chi connectivity index (χ2v) is 10.0. The lowest BCUT2D eigenvalue weighted by Crippen LogP contribution is -2.39. The fraction of sp³-hybridized carbons (Fsp3) is 0.292. The molecule has 4 rings (SSSR count). The third-order valence-electron chi connectivity index (χ3n) is 5.43. The summed E-state index contributed by atoms with van der Waals surface area (Å²) in [6.45, 7) is 0. The maximum atomic E-state index is 13.6. The second kappa shape index (κ2) is 10.3. The minimum Gasteiger partial charge on any atom is -0.474 e. The Bertz CT molecular complexity index is 1370. The molecule has 1 aliphatic carbocycles. The first-order valence-electron chi connectivity index (χ1n) is 10.8. The van der Waals surface area contributed by atoms with Gasteiger partial charge in [0.15, 0.2) is 11.6 Å². The van der Waals surface area contributed by atoms with Crippen LogP contribution in [-0.2, 0) is 10.0 Å². The molecule has 0 saturated heterocycles. The van der Waals surface area contributed by atoms with Crippen molar-refractivity contribution in [2.24, 2.45) is 0 Å². The van der Waals surface area contributed by atoms with Crippen molar-refractivity contribution in [1.29, 1.82) is 5.26 Å². The van der Waals surface area contributed by atoms with Crippen LogP contribution < -0.4 is 14.2 Å². The molecule has 0 aliphatic heterocycles. The number of hydrogen-bond acceptors (Lipinski definition) is 7. The van der Waals surface area contributed by atoms with Gasteiger partial charge in [-0.1, -0.05) is 6.07 Å². The summed E-state index contributed by atoms with van der Waals surface area (Å²) in [6, 6.07) is 10.00. The third-order valence-corrected chi connectivity index (χ3v) is 6.20. The van der Waals surface area contributed by atoms with E-state index in [2.05, 4.69) is 14.7 Å². The smallest absolute Gasteiger partial charge is 0.218 e. The average Bonchev–Trinajstić information content (AvgIpc) is 2.81. The fourth-order valence-corrected chi connectivity index (χ4v) is 4.72. The number of sulfonamides is 1. The zero-order chi connectivity index (χ0) is 25.0. The van der Waals surface area contributed by atoms with Gasteiger partial charge in [0.05, 0.1) is 12.5 Å². The maximum Gasteiger partial charge on any atom is 0.218 e. The van der Waals surface area contributed by atoms with E-state index in [0.29, 0.717) is 48.3 Å². The third kappa shape index (κ3) is 6.71. The number of pyridine rings is 2. The van der Waals surface area contributed by atoms with E-state index >= 15 is 0 Å². The molecule has 0 bridgehead atoms. The van der Waals surface area contributed by atoms with Crippen LogP contribution in [0.25, 0.3) is 11.1 Å². The summed E-state index contributed by atoms with van der Waals surface area (Å²) < 4.78 is 64.2. The molecule has 1 fully saturated rings. The summed E-state index contributed by atoms with van der Waals surface area (Å²) in [6.07, 6.45) is 6.41. The van der Waals surface area contributed by atoms with Crippen molar-refractivity contribution in [3.63, 3.8) is 0 Å². The van der Waals surface area contributed by atoms with Crippen molar-refractivity contribution in [3.8, 4) is 34.6 Å². The highest BCUT2D eigenvalue weighted by Crippen LogP contribution is 2.30. The highest BCUT2D eigenvalue weighted by molar-refractivity contribution is 7.88. The molecule has 1 aromatic carbocycles. The van der Waals surface area contributed by atoms with Gasteiger partial charge in [-0.3, -0.25) is 4.98 Å². The Morgan fingerprint density at radius 1 is 1.00 bits per heavy atom. The van der Waals surface area contributed by atoms with E-state index < -0.39 is 21.7 Å². The number of hydrogen-bond donors (Lipinski definition) is 1. The minimum atomic E-state index is -3.27. The quantitative estimate of drug-likeness (QED) is 0.514. The SMILES string of the molecule is CS(=O)(=O)NC1CCC(Oc2cc(Oc3cncc(-c4ccc(F)c(F)c4)c3)cc(C#N)n2)CC1. The fourth-order valence-electron chi connectivity index (χ4n) is 3.87. The monoisotopic (exact) mass is 500 g/mol. The Hall–Kier alpha value is -3.62. The highest BCUT2D eigenvalue weighted by Gasteiger charge is 2.25. The van der Waals surface area contributed by atoms with Gasteiger partial charge in [0.2, 0.25) is 15.9 Å². The molecule has 0 unspecified atom stereocenters. The van der Waals surface area contributed by atoms with Crippen molar-refractivity contribution >= 4 is 10.0 Å². The zero-order valence-corrected chi connectivity index (χ0v) is 19.6. The van der Waals surface area contributed by atoms with Gasteiger partial charge in [-0.25, -0.2) is 26.9 Å². The molecule has 0 amide bonds. The zero-order valence-electron chi connectivity index (χ0n) is 18.7. The Kier molecular flexibility index (Phi) is 7.23. The van der Waals surface area contributed by atoms with Crippen molar-refractivity contribution in [3.05, 3.63) is 66.1 Å². The summed E-state index contributed by atoms with van der Waals surface area (Å²) in [5.41, 5.74) is 1.04. The minimum absolute atomic E-state index is 0.0923. The van der Waals surface area contributed by atoms with Crippen LogP contribution in [-0.4, -0.2) is 36.8 Å². The molecule has 3 aromatic rings. The van der Waals surface area contributed by atoms with E-state index in [4.69, 9.17) is 9.47 Å². The molecular weight excluding hydrogens is 478 g/mol. The molecule has 0 spiro atoms. The number of rotatable bonds is 7. The van der Waals surface area contributed by atoms with Gasteiger partial charge in [-0.2, -0.15) is 5.26 Å². The number of nitrogens with zero attached hydrogens (tertiary/aromatic N) is 3. The number of benzene rings is 1. The van der Waals surface area contributed by atoms with Gasteiger partial charge in [0.25, 0.3) is 0 Å². The molecule has 35 heavy (non-hydrogen) atoms. The molecule has 8 nitrogen and oxygen atoms in total. The van der Waals surface area contributed by atoms with Gasteiger partial charge in [-0.05, 0) is 49.4 Å². The summed E-state index contributed by atoms with van der Waals surface area (Å²) in [5, 5.41) is 9.38. The molecule has 11 heteroatoms. The van der Waals surface area contributed by atoms with Crippen LogP contribution in [0.4, 0.5) is 8.78 Å². The Balaban J connectivity index is 1.47. The Morgan fingerprint density at radius 3 is 2.46 bits per heavy atom. The topological polar surface area (TPSA) is 114 Å². The van der Waals surface area contributed by atoms with E-state index in [1.54, 1.807) is 12.1 Å². The molecule has 1 N–H and O–H groups in total. The van der Waals surface area contributed by atoms with Crippen LogP contribution in [0, 0.1) is 23.0 Å². The van der Waals surface area contributed by atoms with Crippen molar-refractivity contribution in [1.82, 2.24) is 14.7 Å². The molecule has 182 valence electrons. The largest absolute Gasteiger partial charge is 0.474 e. The normalized spacial score (nSPS) is 18.0. The van der Waals surface area contributed by atoms with E-state index in [-0.39, 0.29) is 23.7 Å². The van der Waals surface area contributed by atoms with E-state index in [1.165, 1.54) is 24.5 Å². The lowest BCUT2D eigenvalue weighted by molar-refractivity contribution is 0.138. The van der Waals surface area contributed by atoms with E-state index in [1.807, 2.05) is 6.07 Å². The molecule has 1 saturated carbocycles. The van der Waals surface area contributed by atoms with Crippen LogP contribution in [0.15, 0.2) is 48.8 Å². The summed E-state index contributed by atoms with van der Waals surface area (Å²) in [7, 11) is -3.27. The Labute approximate surface area is 201 Å². The van der Waals surface area contributed by atoms with Crippen molar-refractivity contribution in [2.75, 3.05) is 6.26 Å². The van der Waals surface area contributed by atoms with Crippen LogP contribution in [0.2, 0.25) is 0 Å². The number of aromatic nitrogens is 2. The lowest BCUT2D eigenvalue weighted by Gasteiger charge is -2.28. The molecule has 1 aliphatic rings. The van der Waals surface area contributed by atoms with Crippen LogP contribution >= 0.6 is 0 Å². The predicted octanol–water partition coefficient (Wildman–Crippen LogP) is 4.32. The van der Waals surface area contributed by atoms with Crippen LogP contribution in [0.3, 0.4) is 0 Å². The standard InChI is InChI=1S/C24H22F2N4O4S/c1-35(31,32)30-17-3-5-19(6-4-17)34-24-11-20(10-18(12-27)29-24)33-21-8-16(13-28-14-21)15-2-7-22(25)23(26)9-15/h2,7-11,13-14,17,19,30H,3-6H2,1H3. The van der Waals surface area contributed by atoms with E-state index in [0.717, 1.165) is 18.4 Å². The van der Waals surface area contributed by atoms with E-state index in [9.17, 15) is 22.5 Å². The molecular formula is C24H22F2N4O4S. The first kappa shape index (κ1) is 24.5. The Morgan fingerprint density at radius 2 is 1.77 bits per heavy atom. The first-order chi connectivity index (χ1) is 16.7. The molecule has 2 heterocycles. The second-order valence-electron chi connectivity index (χ2n) is 8.26. The van der Waals surface area contributed by atoms with Crippen molar-refractivity contribution < 1.29 is 26.7 Å². The lowest BCUT2D eigenvalue weighted by atomic mass is 9.94.